The fourth-order valence-corrected chi connectivity index (χ4v) is 1.89. The lowest BCUT2D eigenvalue weighted by atomic mass is 10.2. The highest BCUT2D eigenvalue weighted by atomic mass is 79.9. The second kappa shape index (κ2) is 5.73. The molecule has 0 radical (unpaired) electrons. The van der Waals surface area contributed by atoms with E-state index < -0.39 is 0 Å². The predicted octanol–water partition coefficient (Wildman–Crippen LogP) is 4.07. The van der Waals surface area contributed by atoms with Crippen LogP contribution in [0.1, 0.15) is 5.56 Å². The van der Waals surface area contributed by atoms with E-state index in [2.05, 4.69) is 21.2 Å². The number of nitrogens with one attached hydrogen (secondary N) is 1. The summed E-state index contributed by atoms with van der Waals surface area (Å²) in [6.45, 7) is 0.570. The number of halogens is 1. The van der Waals surface area contributed by atoms with E-state index in [9.17, 15) is 0 Å². The summed E-state index contributed by atoms with van der Waals surface area (Å²) in [5, 5.41) is 3.07. The van der Waals surface area contributed by atoms with Crippen LogP contribution in [-0.4, -0.2) is 7.05 Å². The quantitative estimate of drug-likeness (QED) is 0.917. The number of hydrogen-bond acceptors (Lipinski definition) is 2. The second-order valence-corrected chi connectivity index (χ2v) is 4.51. The number of ether oxygens (including phenoxy) is 1. The molecule has 0 aliphatic carbocycles. The van der Waals surface area contributed by atoms with Gasteiger partial charge in [0.15, 0.2) is 0 Å². The molecule has 3 heteroatoms. The third-order valence-corrected chi connectivity index (χ3v) is 3.27. The predicted molar refractivity (Wildman–Crippen MR) is 74.5 cm³/mol. The molecule has 0 aliphatic rings. The van der Waals surface area contributed by atoms with Gasteiger partial charge < -0.3 is 10.1 Å². The van der Waals surface area contributed by atoms with Gasteiger partial charge in [0.25, 0.3) is 0 Å². The molecule has 0 amide bonds. The lowest BCUT2D eigenvalue weighted by Gasteiger charge is -2.08. The molecule has 0 saturated carbocycles. The van der Waals surface area contributed by atoms with Gasteiger partial charge in [-0.3, -0.25) is 0 Å². The maximum Gasteiger partial charge on any atom is 0.119 e. The average molecular weight is 292 g/mol. The maximum absolute atomic E-state index is 5.71. The van der Waals surface area contributed by atoms with Crippen molar-refractivity contribution < 1.29 is 4.74 Å². The Morgan fingerprint density at radius 3 is 2.41 bits per heavy atom. The fraction of sp³-hybridized carbons (Fsp3) is 0.143. The molecule has 2 nitrogen and oxygen atoms in total. The van der Waals surface area contributed by atoms with Crippen LogP contribution in [0.15, 0.2) is 53.0 Å². The van der Waals surface area contributed by atoms with Crippen LogP contribution in [-0.2, 0) is 6.61 Å². The monoisotopic (exact) mass is 291 g/mol. The summed E-state index contributed by atoms with van der Waals surface area (Å²) >= 11 is 3.50. The average Bonchev–Trinajstić information content (AvgIpc) is 2.38. The molecule has 0 atom stereocenters. The van der Waals surface area contributed by atoms with Crippen molar-refractivity contribution in [1.82, 2.24) is 0 Å². The molecule has 0 spiro atoms. The minimum atomic E-state index is 0.570. The molecule has 1 N–H and O–H groups in total. The first-order valence-corrected chi connectivity index (χ1v) is 6.23. The molecule has 88 valence electrons. The highest BCUT2D eigenvalue weighted by Crippen LogP contribution is 2.20. The van der Waals surface area contributed by atoms with Crippen molar-refractivity contribution in [1.29, 1.82) is 0 Å². The summed E-state index contributed by atoms with van der Waals surface area (Å²) < 4.78 is 6.79. The van der Waals surface area contributed by atoms with E-state index in [-0.39, 0.29) is 0 Å². The third kappa shape index (κ3) is 3.24. The van der Waals surface area contributed by atoms with Gasteiger partial charge in [-0.25, -0.2) is 0 Å². The third-order valence-electron chi connectivity index (χ3n) is 2.50. The Labute approximate surface area is 110 Å². The summed E-state index contributed by atoms with van der Waals surface area (Å²) in [4.78, 5) is 0. The fourth-order valence-electron chi connectivity index (χ4n) is 1.49. The zero-order valence-corrected chi connectivity index (χ0v) is 11.2. The Hall–Kier alpha value is -1.48. The molecule has 0 heterocycles. The first-order chi connectivity index (χ1) is 8.29. The van der Waals surface area contributed by atoms with Crippen LogP contribution in [0, 0.1) is 0 Å². The maximum atomic E-state index is 5.71. The van der Waals surface area contributed by atoms with Crippen LogP contribution in [0.2, 0.25) is 0 Å². The van der Waals surface area contributed by atoms with Crippen LogP contribution in [0.5, 0.6) is 5.75 Å². The van der Waals surface area contributed by atoms with Gasteiger partial charge in [0, 0.05) is 22.8 Å². The summed E-state index contributed by atoms with van der Waals surface area (Å²) in [6, 6.07) is 16.0. The minimum absolute atomic E-state index is 0.570. The Morgan fingerprint density at radius 2 is 1.76 bits per heavy atom. The molecule has 17 heavy (non-hydrogen) atoms. The van der Waals surface area contributed by atoms with Crippen molar-refractivity contribution in [3.8, 4) is 5.75 Å². The van der Waals surface area contributed by atoms with Crippen LogP contribution in [0.3, 0.4) is 0 Å². The Balaban J connectivity index is 2.00. The van der Waals surface area contributed by atoms with Crippen molar-refractivity contribution >= 4 is 21.6 Å². The zero-order chi connectivity index (χ0) is 12.1. The van der Waals surface area contributed by atoms with Gasteiger partial charge >= 0.3 is 0 Å². The first kappa shape index (κ1) is 12.0. The van der Waals surface area contributed by atoms with Gasteiger partial charge in [-0.1, -0.05) is 34.1 Å². The van der Waals surface area contributed by atoms with E-state index in [4.69, 9.17) is 4.74 Å². The van der Waals surface area contributed by atoms with E-state index in [1.54, 1.807) is 0 Å². The van der Waals surface area contributed by atoms with E-state index >= 15 is 0 Å². The van der Waals surface area contributed by atoms with E-state index in [1.807, 2.05) is 55.6 Å². The van der Waals surface area contributed by atoms with Gasteiger partial charge in [-0.15, -0.1) is 0 Å². The molecule has 0 aliphatic heterocycles. The standard InChI is InChI=1S/C14H14BrNO/c1-16-12-6-8-13(9-7-12)17-10-11-4-2-3-5-14(11)15/h2-9,16H,10H2,1H3. The lowest BCUT2D eigenvalue weighted by Crippen LogP contribution is -1.96. The Bertz CT molecular complexity index is 482. The van der Waals surface area contributed by atoms with E-state index in [0.29, 0.717) is 6.61 Å². The highest BCUT2D eigenvalue weighted by molar-refractivity contribution is 9.10. The van der Waals surface area contributed by atoms with Crippen molar-refractivity contribution in [3.05, 3.63) is 58.6 Å². The van der Waals surface area contributed by atoms with Crippen LogP contribution in [0.4, 0.5) is 5.69 Å². The van der Waals surface area contributed by atoms with Crippen LogP contribution < -0.4 is 10.1 Å². The van der Waals surface area contributed by atoms with Crippen molar-refractivity contribution in [2.45, 2.75) is 6.61 Å². The molecule has 2 rings (SSSR count). The topological polar surface area (TPSA) is 21.3 Å². The number of hydrogen-bond donors (Lipinski definition) is 1. The molecule has 0 unspecified atom stereocenters. The van der Waals surface area contributed by atoms with Gasteiger partial charge in [0.2, 0.25) is 0 Å². The molecule has 2 aromatic carbocycles. The zero-order valence-electron chi connectivity index (χ0n) is 9.61. The van der Waals surface area contributed by atoms with Gasteiger partial charge in [0.05, 0.1) is 0 Å². The van der Waals surface area contributed by atoms with Gasteiger partial charge in [-0.05, 0) is 30.3 Å². The van der Waals surface area contributed by atoms with Crippen molar-refractivity contribution in [2.24, 2.45) is 0 Å². The molecule has 0 saturated heterocycles. The van der Waals surface area contributed by atoms with E-state index in [0.717, 1.165) is 21.5 Å². The largest absolute Gasteiger partial charge is 0.489 e. The van der Waals surface area contributed by atoms with Crippen molar-refractivity contribution in [2.75, 3.05) is 12.4 Å². The molecular weight excluding hydrogens is 278 g/mol. The number of benzene rings is 2. The Morgan fingerprint density at radius 1 is 1.06 bits per heavy atom. The SMILES string of the molecule is CNc1ccc(OCc2ccccc2Br)cc1. The second-order valence-electron chi connectivity index (χ2n) is 3.65. The molecule has 0 bridgehead atoms. The summed E-state index contributed by atoms with van der Waals surface area (Å²) in [6.07, 6.45) is 0. The molecule has 2 aromatic rings. The summed E-state index contributed by atoms with van der Waals surface area (Å²) in [5.41, 5.74) is 2.23. The first-order valence-electron chi connectivity index (χ1n) is 5.43. The minimum Gasteiger partial charge on any atom is -0.489 e. The molecular formula is C14H14BrNO. The number of rotatable bonds is 4. The normalized spacial score (nSPS) is 10.0. The van der Waals surface area contributed by atoms with Crippen LogP contribution >= 0.6 is 15.9 Å². The van der Waals surface area contributed by atoms with Gasteiger partial charge in [0.1, 0.15) is 12.4 Å². The van der Waals surface area contributed by atoms with Crippen LogP contribution in [0.25, 0.3) is 0 Å². The van der Waals surface area contributed by atoms with Gasteiger partial charge in [-0.2, -0.15) is 0 Å². The lowest BCUT2D eigenvalue weighted by molar-refractivity contribution is 0.305. The Kier molecular flexibility index (Phi) is 4.04. The highest BCUT2D eigenvalue weighted by Gasteiger charge is 1.99. The summed E-state index contributed by atoms with van der Waals surface area (Å²) in [7, 11) is 1.90. The van der Waals surface area contributed by atoms with E-state index in [1.165, 1.54) is 0 Å². The number of anilines is 1. The molecule has 0 fully saturated rings. The summed E-state index contributed by atoms with van der Waals surface area (Å²) in [5.74, 6) is 0.875. The smallest absolute Gasteiger partial charge is 0.119 e. The van der Waals surface area contributed by atoms with Crippen molar-refractivity contribution in [3.63, 3.8) is 0 Å². The molecule has 0 aromatic heterocycles.